The predicted molar refractivity (Wildman–Crippen MR) is 55.4 cm³/mol. The second-order valence-corrected chi connectivity index (χ2v) is 3.60. The molecule has 1 aromatic rings. The molecule has 0 bridgehead atoms. The molecule has 1 atom stereocenters. The third-order valence-corrected chi connectivity index (χ3v) is 2.54. The minimum absolute atomic E-state index is 0.282. The molecule has 1 aromatic carbocycles. The van der Waals surface area contributed by atoms with Crippen LogP contribution in [0, 0.1) is 11.3 Å². The SMILES string of the molecule is CC(N=C=O)c1cc(C#N)ccc1Br. The van der Waals surface area contributed by atoms with Gasteiger partial charge in [-0.3, -0.25) is 0 Å². The summed E-state index contributed by atoms with van der Waals surface area (Å²) in [7, 11) is 0. The molecule has 0 aliphatic rings. The molecule has 0 aromatic heterocycles. The van der Waals surface area contributed by atoms with Gasteiger partial charge < -0.3 is 0 Å². The van der Waals surface area contributed by atoms with Crippen LogP contribution in [0.5, 0.6) is 0 Å². The van der Waals surface area contributed by atoms with Gasteiger partial charge >= 0.3 is 0 Å². The molecular weight excluding hydrogens is 244 g/mol. The third-order valence-electron chi connectivity index (χ3n) is 1.82. The lowest BCUT2D eigenvalue weighted by Crippen LogP contribution is -1.92. The van der Waals surface area contributed by atoms with Crippen molar-refractivity contribution in [1.29, 1.82) is 5.26 Å². The molecule has 0 saturated carbocycles. The summed E-state index contributed by atoms with van der Waals surface area (Å²) in [5, 5.41) is 8.69. The molecule has 1 rings (SSSR count). The largest absolute Gasteiger partial charge is 0.235 e. The smallest absolute Gasteiger partial charge is 0.211 e. The molecule has 0 amide bonds. The van der Waals surface area contributed by atoms with Crippen LogP contribution in [-0.4, -0.2) is 6.08 Å². The fourth-order valence-corrected chi connectivity index (χ4v) is 1.66. The zero-order valence-corrected chi connectivity index (χ0v) is 9.08. The van der Waals surface area contributed by atoms with E-state index in [1.807, 2.05) is 6.07 Å². The van der Waals surface area contributed by atoms with Crippen molar-refractivity contribution in [2.45, 2.75) is 13.0 Å². The topological polar surface area (TPSA) is 53.2 Å². The number of benzene rings is 1. The van der Waals surface area contributed by atoms with Gasteiger partial charge in [-0.05, 0) is 30.7 Å². The van der Waals surface area contributed by atoms with E-state index in [0.29, 0.717) is 5.56 Å². The van der Waals surface area contributed by atoms with Crippen LogP contribution in [0.25, 0.3) is 0 Å². The Bertz CT molecular complexity index is 430. The summed E-state index contributed by atoms with van der Waals surface area (Å²) in [6.45, 7) is 1.77. The minimum atomic E-state index is -0.282. The number of aliphatic imine (C=N–C) groups is 1. The zero-order valence-electron chi connectivity index (χ0n) is 7.49. The van der Waals surface area contributed by atoms with Crippen molar-refractivity contribution in [1.82, 2.24) is 0 Å². The Labute approximate surface area is 90.2 Å². The minimum Gasteiger partial charge on any atom is -0.211 e. The first-order valence-corrected chi connectivity index (χ1v) is 4.75. The molecule has 0 heterocycles. The Kier molecular flexibility index (Phi) is 3.58. The predicted octanol–water partition coefficient (Wildman–Crippen LogP) is 2.72. The molecular formula is C10H7BrN2O. The quantitative estimate of drug-likeness (QED) is 0.599. The summed E-state index contributed by atoms with van der Waals surface area (Å²) in [6, 6.07) is 6.92. The summed E-state index contributed by atoms with van der Waals surface area (Å²) >= 11 is 3.33. The first-order chi connectivity index (χ1) is 6.69. The maximum absolute atomic E-state index is 10.1. The molecule has 1 unspecified atom stereocenters. The van der Waals surface area contributed by atoms with Gasteiger partial charge in [0.1, 0.15) is 0 Å². The average Bonchev–Trinajstić information content (AvgIpc) is 2.19. The second-order valence-electron chi connectivity index (χ2n) is 2.74. The van der Waals surface area contributed by atoms with Gasteiger partial charge in [-0.2, -0.15) is 10.3 Å². The van der Waals surface area contributed by atoms with Crippen LogP contribution < -0.4 is 0 Å². The fraction of sp³-hybridized carbons (Fsp3) is 0.200. The molecule has 0 spiro atoms. The molecule has 3 nitrogen and oxygen atoms in total. The number of rotatable bonds is 2. The van der Waals surface area contributed by atoms with Crippen LogP contribution in [0.1, 0.15) is 24.1 Å². The van der Waals surface area contributed by atoms with Gasteiger partial charge in [0.2, 0.25) is 6.08 Å². The van der Waals surface area contributed by atoms with E-state index in [1.165, 1.54) is 6.08 Å². The standard InChI is InChI=1S/C10H7BrN2O/c1-7(13-6-14)9-4-8(5-12)2-3-10(9)11/h2-4,7H,1H3. The van der Waals surface area contributed by atoms with E-state index in [2.05, 4.69) is 20.9 Å². The number of carbonyl (C=O) groups excluding carboxylic acids is 1. The van der Waals surface area contributed by atoms with E-state index >= 15 is 0 Å². The molecule has 0 radical (unpaired) electrons. The Morgan fingerprint density at radius 3 is 2.86 bits per heavy atom. The van der Waals surface area contributed by atoms with E-state index in [4.69, 9.17) is 5.26 Å². The van der Waals surface area contributed by atoms with Gasteiger partial charge in [-0.15, -0.1) is 0 Å². The summed E-state index contributed by atoms with van der Waals surface area (Å²) in [5.74, 6) is 0. The van der Waals surface area contributed by atoms with Crippen LogP contribution in [-0.2, 0) is 4.79 Å². The molecule has 70 valence electrons. The first-order valence-electron chi connectivity index (χ1n) is 3.95. The van der Waals surface area contributed by atoms with Gasteiger partial charge in [0.15, 0.2) is 0 Å². The fourth-order valence-electron chi connectivity index (χ4n) is 1.08. The summed E-state index contributed by atoms with van der Waals surface area (Å²) in [4.78, 5) is 13.7. The van der Waals surface area contributed by atoms with Gasteiger partial charge in [-0.1, -0.05) is 15.9 Å². The monoisotopic (exact) mass is 250 g/mol. The van der Waals surface area contributed by atoms with Crippen molar-refractivity contribution >= 4 is 22.0 Å². The highest BCUT2D eigenvalue weighted by Crippen LogP contribution is 2.26. The molecule has 0 aliphatic heterocycles. The number of hydrogen-bond acceptors (Lipinski definition) is 3. The summed E-state index contributed by atoms with van der Waals surface area (Å²) in [6.07, 6.45) is 1.50. The number of nitriles is 1. The second kappa shape index (κ2) is 4.71. The molecule has 0 N–H and O–H groups in total. The van der Waals surface area contributed by atoms with Gasteiger partial charge in [-0.25, -0.2) is 4.79 Å². The Morgan fingerprint density at radius 1 is 1.57 bits per heavy atom. The van der Waals surface area contributed by atoms with Gasteiger partial charge in [0.05, 0.1) is 17.7 Å². The normalized spacial score (nSPS) is 11.2. The third kappa shape index (κ3) is 2.29. The highest BCUT2D eigenvalue weighted by Gasteiger charge is 2.08. The Morgan fingerprint density at radius 2 is 2.29 bits per heavy atom. The number of halogens is 1. The molecule has 14 heavy (non-hydrogen) atoms. The lowest BCUT2D eigenvalue weighted by molar-refractivity contribution is 0.559. The van der Waals surface area contributed by atoms with Crippen LogP contribution in [0.3, 0.4) is 0 Å². The van der Waals surface area contributed by atoms with Crippen molar-refractivity contribution in [3.63, 3.8) is 0 Å². The van der Waals surface area contributed by atoms with Crippen LogP contribution in [0.2, 0.25) is 0 Å². The van der Waals surface area contributed by atoms with Crippen molar-refractivity contribution in [2.75, 3.05) is 0 Å². The molecule has 0 aliphatic carbocycles. The highest BCUT2D eigenvalue weighted by molar-refractivity contribution is 9.10. The lowest BCUT2D eigenvalue weighted by Gasteiger charge is -2.07. The number of isocyanates is 1. The Balaban J connectivity index is 3.19. The van der Waals surface area contributed by atoms with E-state index in [1.54, 1.807) is 25.1 Å². The maximum Gasteiger partial charge on any atom is 0.235 e. The Hall–Kier alpha value is -1.43. The van der Waals surface area contributed by atoms with E-state index < -0.39 is 0 Å². The average molecular weight is 251 g/mol. The van der Waals surface area contributed by atoms with Crippen LogP contribution in [0.15, 0.2) is 27.7 Å². The lowest BCUT2D eigenvalue weighted by atomic mass is 10.1. The van der Waals surface area contributed by atoms with Crippen molar-refractivity contribution in [3.05, 3.63) is 33.8 Å². The van der Waals surface area contributed by atoms with E-state index in [9.17, 15) is 4.79 Å². The number of hydrogen-bond donors (Lipinski definition) is 0. The van der Waals surface area contributed by atoms with E-state index in [-0.39, 0.29) is 6.04 Å². The van der Waals surface area contributed by atoms with Crippen molar-refractivity contribution in [2.24, 2.45) is 4.99 Å². The first kappa shape index (κ1) is 10.6. The zero-order chi connectivity index (χ0) is 10.6. The van der Waals surface area contributed by atoms with Gasteiger partial charge in [0, 0.05) is 4.47 Å². The van der Waals surface area contributed by atoms with Crippen LogP contribution in [0.4, 0.5) is 0 Å². The van der Waals surface area contributed by atoms with Crippen molar-refractivity contribution in [3.8, 4) is 6.07 Å². The van der Waals surface area contributed by atoms with E-state index in [0.717, 1.165) is 10.0 Å². The molecule has 0 fully saturated rings. The van der Waals surface area contributed by atoms with Crippen LogP contribution >= 0.6 is 15.9 Å². The maximum atomic E-state index is 10.1. The molecule has 4 heteroatoms. The van der Waals surface area contributed by atoms with Gasteiger partial charge in [0.25, 0.3) is 0 Å². The summed E-state index contributed by atoms with van der Waals surface area (Å²) in [5.41, 5.74) is 1.36. The highest BCUT2D eigenvalue weighted by atomic mass is 79.9. The number of nitrogens with zero attached hydrogens (tertiary/aromatic N) is 2. The summed E-state index contributed by atoms with van der Waals surface area (Å²) < 4.78 is 0.836. The molecule has 0 saturated heterocycles. The van der Waals surface area contributed by atoms with Crippen molar-refractivity contribution < 1.29 is 4.79 Å².